The van der Waals surface area contributed by atoms with Crippen LogP contribution in [0.4, 0.5) is 0 Å². The number of thioether (sulfide) groups is 1. The first-order valence-electron chi connectivity index (χ1n) is 8.75. The summed E-state index contributed by atoms with van der Waals surface area (Å²) in [5.41, 5.74) is 0.940. The molecule has 0 bridgehead atoms. The summed E-state index contributed by atoms with van der Waals surface area (Å²) in [6.07, 6.45) is 0. The number of nitrogens with two attached hydrogens (primary N) is 1. The Hall–Kier alpha value is -2.65. The quantitative estimate of drug-likeness (QED) is 0.628. The monoisotopic (exact) mass is 407 g/mol. The number of carboxylic acid groups (broad SMARTS) is 1. The molecule has 150 valence electrons. The number of hydrogen-bond donors (Lipinski definition) is 1. The topological polar surface area (TPSA) is 115 Å². The number of esters is 1. The third-order valence-corrected chi connectivity index (χ3v) is 5.52. The minimum absolute atomic E-state index is 0.0381. The summed E-state index contributed by atoms with van der Waals surface area (Å²) in [7, 11) is 1.28. The van der Waals surface area contributed by atoms with E-state index >= 15 is 0 Å². The number of quaternary nitrogens is 1. The Labute approximate surface area is 166 Å². The number of carbonyl (C=O) groups is 2. The molecule has 0 spiro atoms. The highest BCUT2D eigenvalue weighted by molar-refractivity contribution is 7.99. The first kappa shape index (κ1) is 20.1. The summed E-state index contributed by atoms with van der Waals surface area (Å²) in [6.45, 7) is 2.44. The molecule has 0 saturated carbocycles. The van der Waals surface area contributed by atoms with Gasteiger partial charge in [0.05, 0.1) is 19.5 Å². The lowest BCUT2D eigenvalue weighted by molar-refractivity contribution is -0.690. The molecule has 3 rings (SSSR count). The Morgan fingerprint density at radius 1 is 1.25 bits per heavy atom. The fourth-order valence-corrected chi connectivity index (χ4v) is 4.09. The number of rotatable bonds is 8. The van der Waals surface area contributed by atoms with Crippen molar-refractivity contribution in [2.45, 2.75) is 24.9 Å². The fraction of sp³-hybridized carbons (Fsp3) is 0.368. The number of ether oxygens (including phenoxy) is 3. The van der Waals surface area contributed by atoms with Gasteiger partial charge in [0.1, 0.15) is 24.4 Å². The average Bonchev–Trinajstić information content (AvgIpc) is 3.36. The van der Waals surface area contributed by atoms with Gasteiger partial charge in [0.15, 0.2) is 16.9 Å². The smallest absolute Gasteiger partial charge is 0.373 e. The maximum atomic E-state index is 11.4. The van der Waals surface area contributed by atoms with Crippen molar-refractivity contribution in [3.05, 3.63) is 47.4 Å². The van der Waals surface area contributed by atoms with Gasteiger partial charge in [-0.15, -0.1) is 0 Å². The third kappa shape index (κ3) is 4.60. The van der Waals surface area contributed by atoms with Crippen molar-refractivity contribution >= 4 is 23.7 Å². The Morgan fingerprint density at radius 3 is 2.75 bits per heavy atom. The molecule has 2 N–H and O–H groups in total. The number of methoxy groups -OCH3 is 1. The molecular formula is C19H21NO7S. The molecule has 1 fully saturated rings. The van der Waals surface area contributed by atoms with Crippen molar-refractivity contribution in [2.75, 3.05) is 19.5 Å². The van der Waals surface area contributed by atoms with Gasteiger partial charge in [0.2, 0.25) is 5.76 Å². The average molecular weight is 407 g/mol. The van der Waals surface area contributed by atoms with E-state index in [1.54, 1.807) is 29.2 Å². The summed E-state index contributed by atoms with van der Waals surface area (Å²) in [5, 5.41) is 12.8. The first-order chi connectivity index (χ1) is 13.5. The lowest BCUT2D eigenvalue weighted by Crippen LogP contribution is -2.90. The Morgan fingerprint density at radius 2 is 2.07 bits per heavy atom. The molecule has 8 nitrogen and oxygen atoms in total. The summed E-state index contributed by atoms with van der Waals surface area (Å²) >= 11 is 1.55. The van der Waals surface area contributed by atoms with E-state index in [4.69, 9.17) is 13.9 Å². The van der Waals surface area contributed by atoms with E-state index in [9.17, 15) is 14.7 Å². The summed E-state index contributed by atoms with van der Waals surface area (Å²) in [4.78, 5) is 22.5. The van der Waals surface area contributed by atoms with E-state index in [0.717, 1.165) is 5.56 Å². The molecule has 9 heteroatoms. The van der Waals surface area contributed by atoms with Crippen LogP contribution in [0, 0.1) is 0 Å². The van der Waals surface area contributed by atoms with Crippen molar-refractivity contribution in [1.82, 2.24) is 0 Å². The Balaban J connectivity index is 1.70. The van der Waals surface area contributed by atoms with Crippen LogP contribution in [0.1, 0.15) is 34.2 Å². The number of benzene rings is 1. The molecule has 2 heterocycles. The van der Waals surface area contributed by atoms with Crippen LogP contribution in [0.3, 0.4) is 0 Å². The van der Waals surface area contributed by atoms with Crippen LogP contribution in [0.15, 0.2) is 34.7 Å². The van der Waals surface area contributed by atoms with E-state index in [1.165, 1.54) is 13.2 Å². The number of aliphatic carboxylic acids is 1. The second-order valence-corrected chi connectivity index (χ2v) is 7.23. The summed E-state index contributed by atoms with van der Waals surface area (Å²) < 4.78 is 21.5. The zero-order valence-electron chi connectivity index (χ0n) is 15.5. The van der Waals surface area contributed by atoms with E-state index in [1.807, 2.05) is 19.1 Å². The van der Waals surface area contributed by atoms with Crippen LogP contribution in [-0.2, 0) is 16.1 Å². The van der Waals surface area contributed by atoms with Crippen molar-refractivity contribution in [1.29, 1.82) is 0 Å². The second kappa shape index (κ2) is 9.03. The van der Waals surface area contributed by atoms with Crippen LogP contribution in [0.2, 0.25) is 0 Å². The maximum absolute atomic E-state index is 11.4. The minimum Gasteiger partial charge on any atom is -0.544 e. The van der Waals surface area contributed by atoms with Crippen LogP contribution in [-0.4, -0.2) is 37.4 Å². The number of hydrogen-bond acceptors (Lipinski definition) is 8. The highest BCUT2D eigenvalue weighted by Gasteiger charge is 2.31. The van der Waals surface area contributed by atoms with Gasteiger partial charge in [-0.2, -0.15) is 0 Å². The molecule has 1 aromatic heterocycles. The van der Waals surface area contributed by atoms with Crippen LogP contribution in [0.25, 0.3) is 0 Å². The van der Waals surface area contributed by atoms with Crippen molar-refractivity contribution in [3.63, 3.8) is 0 Å². The normalized spacial score (nSPS) is 18.6. The van der Waals surface area contributed by atoms with Gasteiger partial charge in [-0.3, -0.25) is 0 Å². The molecule has 0 radical (unpaired) electrons. The van der Waals surface area contributed by atoms with Crippen molar-refractivity contribution in [3.8, 4) is 11.5 Å². The molecule has 2 atom stereocenters. The molecule has 1 aliphatic heterocycles. The van der Waals surface area contributed by atoms with Crippen molar-refractivity contribution in [2.24, 2.45) is 0 Å². The standard InChI is InChI=1S/C19H21NO7S/c1-3-25-16-8-11(17-20-13(10-28-17)18(21)22)4-6-14(16)26-9-12-5-7-15(27-12)19(23)24-2/h4-8,13,17,20H,3,9-10H2,1-2H3,(H,21,22). The molecule has 2 unspecified atom stereocenters. The van der Waals surface area contributed by atoms with Gasteiger partial charge < -0.3 is 33.8 Å². The van der Waals surface area contributed by atoms with E-state index in [0.29, 0.717) is 29.6 Å². The minimum atomic E-state index is -1.05. The number of carbonyl (C=O) groups excluding carboxylic acids is 2. The zero-order chi connectivity index (χ0) is 20.1. The molecule has 28 heavy (non-hydrogen) atoms. The van der Waals surface area contributed by atoms with Gasteiger partial charge in [-0.05, 0) is 37.3 Å². The molecule has 0 aliphatic carbocycles. The molecule has 0 amide bonds. The third-order valence-electron chi connectivity index (χ3n) is 4.18. The predicted octanol–water partition coefficient (Wildman–Crippen LogP) is 0.471. The zero-order valence-corrected chi connectivity index (χ0v) is 16.3. The molecule has 1 aromatic carbocycles. The molecule has 2 aromatic rings. The maximum Gasteiger partial charge on any atom is 0.373 e. The van der Waals surface area contributed by atoms with Gasteiger partial charge >= 0.3 is 5.97 Å². The van der Waals surface area contributed by atoms with E-state index in [2.05, 4.69) is 4.74 Å². The van der Waals surface area contributed by atoms with Crippen LogP contribution >= 0.6 is 11.8 Å². The largest absolute Gasteiger partial charge is 0.544 e. The number of carboxylic acids is 1. The Kier molecular flexibility index (Phi) is 6.48. The van der Waals surface area contributed by atoms with E-state index in [-0.39, 0.29) is 17.7 Å². The van der Waals surface area contributed by atoms with Crippen LogP contribution in [0.5, 0.6) is 11.5 Å². The first-order valence-corrected chi connectivity index (χ1v) is 9.80. The molecule has 1 saturated heterocycles. The van der Waals surface area contributed by atoms with Crippen LogP contribution < -0.4 is 19.9 Å². The second-order valence-electron chi connectivity index (χ2n) is 6.06. The highest BCUT2D eigenvalue weighted by atomic mass is 32.2. The van der Waals surface area contributed by atoms with Gasteiger partial charge in [-0.25, -0.2) is 4.79 Å². The number of furan rings is 1. The van der Waals surface area contributed by atoms with Gasteiger partial charge in [0, 0.05) is 5.56 Å². The van der Waals surface area contributed by atoms with Gasteiger partial charge in [0.25, 0.3) is 0 Å². The molecular weight excluding hydrogens is 386 g/mol. The lowest BCUT2D eigenvalue weighted by Gasteiger charge is -2.15. The predicted molar refractivity (Wildman–Crippen MR) is 97.9 cm³/mol. The summed E-state index contributed by atoms with van der Waals surface area (Å²) in [5.74, 6) is 0.569. The lowest BCUT2D eigenvalue weighted by atomic mass is 10.2. The van der Waals surface area contributed by atoms with Crippen molar-refractivity contribution < 1.29 is 38.6 Å². The summed E-state index contributed by atoms with van der Waals surface area (Å²) in [6, 6.07) is 8.14. The van der Waals surface area contributed by atoms with E-state index < -0.39 is 18.0 Å². The molecule has 1 aliphatic rings. The van der Waals surface area contributed by atoms with Gasteiger partial charge in [-0.1, -0.05) is 11.8 Å². The Bertz CT molecular complexity index is 851. The fourth-order valence-electron chi connectivity index (χ4n) is 2.79. The SMILES string of the molecule is CCOc1cc(C2[NH2+]C(C(=O)[O-])CS2)ccc1OCc1ccc(C(=O)OC)o1. The highest BCUT2D eigenvalue weighted by Crippen LogP contribution is 2.35.